The summed E-state index contributed by atoms with van der Waals surface area (Å²) < 4.78 is 38.2. The first-order valence-corrected chi connectivity index (χ1v) is 44.7. The molecule has 6 aromatic carbocycles. The Morgan fingerprint density at radius 2 is 0.683 bits per heavy atom. The maximum Gasteiger partial charge on any atom is 0.318 e. The van der Waals surface area contributed by atoms with Gasteiger partial charge in [-0.2, -0.15) is 45.7 Å². The van der Waals surface area contributed by atoms with Gasteiger partial charge in [0, 0.05) is 144 Å². The van der Waals surface area contributed by atoms with Gasteiger partial charge in [0.05, 0.1) is 111 Å². The molecule has 9 aliphatic rings. The maximum absolute atomic E-state index is 12.5. The highest BCUT2D eigenvalue weighted by Gasteiger charge is 2.40. The number of carbonyl (C=O) groups is 3. The first-order chi connectivity index (χ1) is 61.4. The molecule has 6 fully saturated rings. The molecule has 0 saturated carbocycles. The van der Waals surface area contributed by atoms with Crippen LogP contribution < -0.4 is 28.9 Å². The van der Waals surface area contributed by atoms with E-state index in [1.165, 1.54) is 18.2 Å². The van der Waals surface area contributed by atoms with Crippen LogP contribution in [0, 0.1) is 34.0 Å². The molecular weight excluding hydrogens is 1660 g/mol. The molecule has 12 heterocycles. The molecular formula is C96H105Cl3N18O9. The quantitative estimate of drug-likeness (QED) is 0.0604. The van der Waals surface area contributed by atoms with Gasteiger partial charge in [-0.25, -0.2) is 0 Å². The van der Waals surface area contributed by atoms with Crippen molar-refractivity contribution in [3.05, 3.63) is 213 Å². The van der Waals surface area contributed by atoms with Gasteiger partial charge in [0.2, 0.25) is 17.7 Å². The number of benzene rings is 6. The summed E-state index contributed by atoms with van der Waals surface area (Å²) in [5.74, 6) is 1.76. The van der Waals surface area contributed by atoms with E-state index in [1.807, 2.05) is 54.6 Å². The monoisotopic (exact) mass is 1760 g/mol. The number of anilines is 3. The lowest BCUT2D eigenvalue weighted by molar-refractivity contribution is -0.129. The predicted octanol–water partition coefficient (Wildman–Crippen LogP) is 14.1. The average molecular weight is 1760 g/mol. The fourth-order valence-electron chi connectivity index (χ4n) is 19.3. The Balaban J connectivity index is 0.000000139. The average Bonchev–Trinajstić information content (AvgIpc) is 0.890. The van der Waals surface area contributed by atoms with Crippen LogP contribution >= 0.6 is 34.8 Å². The number of rotatable bonds is 21. The summed E-state index contributed by atoms with van der Waals surface area (Å²) in [6.45, 7) is 21.2. The molecule has 126 heavy (non-hydrogen) atoms. The van der Waals surface area contributed by atoms with E-state index in [2.05, 4.69) is 143 Å². The molecule has 18 rings (SSSR count). The lowest BCUT2D eigenvalue weighted by atomic mass is 9.94. The van der Waals surface area contributed by atoms with Crippen molar-refractivity contribution in [2.24, 2.45) is 0 Å². The van der Waals surface area contributed by atoms with Crippen molar-refractivity contribution in [1.29, 1.82) is 15.8 Å². The summed E-state index contributed by atoms with van der Waals surface area (Å²) in [6.07, 6.45) is 12.3. The smallest absolute Gasteiger partial charge is 0.318 e. The first kappa shape index (κ1) is 88.3. The molecule has 0 N–H and O–H groups in total. The molecule has 0 aliphatic carbocycles. The second kappa shape index (κ2) is 40.2. The van der Waals surface area contributed by atoms with Crippen LogP contribution in [0.2, 0.25) is 15.1 Å². The molecule has 0 bridgehead atoms. The zero-order valence-corrected chi connectivity index (χ0v) is 73.8. The third-order valence-corrected chi connectivity index (χ3v) is 27.1. The summed E-state index contributed by atoms with van der Waals surface area (Å²) in [5, 5.41) is 36.8. The number of nitriles is 3. The Kier molecular flexibility index (Phi) is 28.2. The van der Waals surface area contributed by atoms with Crippen LogP contribution in [0.5, 0.6) is 18.0 Å². The number of hydrogen-bond acceptors (Lipinski definition) is 24. The predicted molar refractivity (Wildman–Crippen MR) is 485 cm³/mol. The van der Waals surface area contributed by atoms with Crippen LogP contribution in [-0.2, 0) is 67.7 Å². The van der Waals surface area contributed by atoms with E-state index < -0.39 is 0 Å². The summed E-state index contributed by atoms with van der Waals surface area (Å²) in [6, 6.07) is 44.2. The number of amides is 3. The summed E-state index contributed by atoms with van der Waals surface area (Å²) in [4.78, 5) is 85.6. The third kappa shape index (κ3) is 19.3. The number of carbonyl (C=O) groups excluding carboxylic acids is 3. The third-order valence-electron chi connectivity index (χ3n) is 26.2. The molecule has 3 aromatic heterocycles. The number of likely N-dealkylation sites (tertiary alicyclic amines) is 3. The van der Waals surface area contributed by atoms with Crippen molar-refractivity contribution in [2.45, 2.75) is 151 Å². The number of piperazine rings is 3. The Morgan fingerprint density at radius 3 is 0.937 bits per heavy atom. The number of ether oxygens (including phenoxy) is 6. The fourth-order valence-corrected chi connectivity index (χ4v) is 20.2. The highest BCUT2D eigenvalue weighted by Crippen LogP contribution is 2.45. The number of nitrogens with zero attached hydrogens (tertiary/aromatic N) is 18. The number of hydrogen-bond donors (Lipinski definition) is 0. The van der Waals surface area contributed by atoms with Gasteiger partial charge in [-0.15, -0.1) is 0 Å². The molecule has 9 aromatic rings. The van der Waals surface area contributed by atoms with Crippen molar-refractivity contribution >= 4 is 102 Å². The van der Waals surface area contributed by atoms with Crippen molar-refractivity contribution in [3.63, 3.8) is 0 Å². The summed E-state index contributed by atoms with van der Waals surface area (Å²) in [5.41, 5.74) is 8.51. The second-order valence-electron chi connectivity index (χ2n) is 33.7. The van der Waals surface area contributed by atoms with Gasteiger partial charge < -0.3 is 72.5 Å². The van der Waals surface area contributed by atoms with E-state index in [0.717, 1.165) is 158 Å². The largest absolute Gasteiger partial charge is 0.462 e. The van der Waals surface area contributed by atoms with Gasteiger partial charge in [-0.05, 0) is 149 Å². The van der Waals surface area contributed by atoms with Gasteiger partial charge >= 0.3 is 18.0 Å². The molecule has 9 aliphatic heterocycles. The Labute approximate surface area is 750 Å². The molecule has 0 spiro atoms. The minimum atomic E-state index is -0.272. The minimum absolute atomic E-state index is 0.163. The first-order valence-electron chi connectivity index (χ1n) is 43.6. The van der Waals surface area contributed by atoms with Crippen molar-refractivity contribution in [3.8, 4) is 36.2 Å². The zero-order chi connectivity index (χ0) is 87.6. The standard InChI is InChI=1S/3C32H35ClN6O3/c3*1-3-29(40)39-16-15-38(18-22(39)12-13-34)31-25-20-41-28(24-10-4-7-21-8-5-11-26(33)30(21)24)17-27(25)35-32(36-31)42-19-23-9-6-14-37(23)2/h3*3-5,7-8,10-11,22-23,28H,1,6,9,12,14-20H2,2H3/t22-,23-,28?;22-,23-,28+;22-,23-,28-/m000/s1. The molecule has 30 heteroatoms. The van der Waals surface area contributed by atoms with Crippen molar-refractivity contribution in [2.75, 3.05) is 134 Å². The van der Waals surface area contributed by atoms with Crippen LogP contribution in [0.4, 0.5) is 17.5 Å². The van der Waals surface area contributed by atoms with Crippen LogP contribution in [0.25, 0.3) is 32.3 Å². The normalized spacial score (nSPS) is 22.5. The van der Waals surface area contributed by atoms with E-state index in [-0.39, 0.29) is 73.4 Å². The maximum atomic E-state index is 12.5. The number of halogens is 3. The van der Waals surface area contributed by atoms with E-state index in [4.69, 9.17) is 93.1 Å². The Morgan fingerprint density at radius 1 is 0.405 bits per heavy atom. The van der Waals surface area contributed by atoms with Crippen LogP contribution in [0.15, 0.2) is 147 Å². The molecule has 27 nitrogen and oxygen atoms in total. The van der Waals surface area contributed by atoms with Gasteiger partial charge in [0.1, 0.15) is 37.3 Å². The summed E-state index contributed by atoms with van der Waals surface area (Å²) >= 11 is 20.0. The lowest BCUT2D eigenvalue weighted by Crippen LogP contribution is -2.55. The highest BCUT2D eigenvalue weighted by molar-refractivity contribution is 6.36. The highest BCUT2D eigenvalue weighted by atomic mass is 35.5. The lowest BCUT2D eigenvalue weighted by Gasteiger charge is -2.42. The number of fused-ring (bicyclic) bond motifs is 6. The Hall–Kier alpha value is -11.1. The molecule has 9 atom stereocenters. The van der Waals surface area contributed by atoms with Crippen LogP contribution in [0.3, 0.4) is 0 Å². The molecule has 3 amide bonds. The van der Waals surface area contributed by atoms with E-state index in [1.54, 1.807) is 14.7 Å². The van der Waals surface area contributed by atoms with E-state index in [0.29, 0.717) is 169 Å². The molecule has 0 radical (unpaired) electrons. The van der Waals surface area contributed by atoms with Crippen LogP contribution in [0.1, 0.15) is 127 Å². The van der Waals surface area contributed by atoms with Gasteiger partial charge in [-0.3, -0.25) is 14.4 Å². The van der Waals surface area contributed by atoms with E-state index >= 15 is 0 Å². The van der Waals surface area contributed by atoms with Gasteiger partial charge in [0.25, 0.3) is 0 Å². The van der Waals surface area contributed by atoms with Crippen molar-refractivity contribution in [1.82, 2.24) is 59.3 Å². The minimum Gasteiger partial charge on any atom is -0.462 e. The molecule has 654 valence electrons. The van der Waals surface area contributed by atoms with Crippen LogP contribution in [-0.4, -0.2) is 233 Å². The van der Waals surface area contributed by atoms with Gasteiger partial charge in [0.15, 0.2) is 0 Å². The second-order valence-corrected chi connectivity index (χ2v) is 34.9. The number of likely N-dealkylation sites (N-methyl/N-ethyl adjacent to an activating group) is 3. The Bertz CT molecular complexity index is 5150. The SMILES string of the molecule is C=CC(=O)N1CCN(c2nc(OC[C@@H]3CCCN3C)nc3c2COC(c2cccc4cccc(Cl)c24)C3)C[C@@H]1CC#N.C=CC(=O)N1CCN(c2nc(OC[C@@H]3CCCN3C)nc3c2CO[C@@H](c2cccc4cccc(Cl)c24)C3)C[C@@H]1CC#N.C=CC(=O)N1CCN(c2nc(OC[C@@H]3CCCN3C)nc3c2CO[C@H](c2cccc4cccc(Cl)c24)C3)C[C@@H]1CC#N. The molecule has 6 saturated heterocycles. The summed E-state index contributed by atoms with van der Waals surface area (Å²) in [7, 11) is 6.37. The van der Waals surface area contributed by atoms with Gasteiger partial charge in [-0.1, -0.05) is 146 Å². The topological polar surface area (TPSA) is 284 Å². The zero-order valence-electron chi connectivity index (χ0n) is 71.5. The number of aromatic nitrogens is 6. The van der Waals surface area contributed by atoms with Crippen molar-refractivity contribution < 1.29 is 42.8 Å². The molecule has 1 unspecified atom stereocenters. The fraction of sp³-hybridized carbons (Fsp3) is 0.438. The van der Waals surface area contributed by atoms with E-state index in [9.17, 15) is 30.2 Å².